The second-order valence-electron chi connectivity index (χ2n) is 6.35. The van der Waals surface area contributed by atoms with Crippen molar-refractivity contribution in [1.29, 1.82) is 0 Å². The largest absolute Gasteiger partial charge is 0.346 e. The quantitative estimate of drug-likeness (QED) is 0.552. The van der Waals surface area contributed by atoms with E-state index >= 15 is 0 Å². The van der Waals surface area contributed by atoms with E-state index in [0.29, 0.717) is 12.1 Å². The lowest BCUT2D eigenvalue weighted by molar-refractivity contribution is 0.0949. The van der Waals surface area contributed by atoms with Gasteiger partial charge in [-0.3, -0.25) is 9.78 Å². The third-order valence-corrected chi connectivity index (χ3v) is 4.77. The average molecular weight is 409 g/mol. The molecule has 1 N–H and O–H groups in total. The summed E-state index contributed by atoms with van der Waals surface area (Å²) in [6.45, 7) is 4.26. The van der Waals surface area contributed by atoms with Crippen molar-refractivity contribution in [2.45, 2.75) is 20.4 Å². The van der Waals surface area contributed by atoms with Gasteiger partial charge in [0.1, 0.15) is 5.65 Å². The molecule has 1 aromatic carbocycles. The van der Waals surface area contributed by atoms with E-state index in [2.05, 4.69) is 31.2 Å². The lowest BCUT2D eigenvalue weighted by Gasteiger charge is -2.08. The summed E-state index contributed by atoms with van der Waals surface area (Å²) in [5.74, 6) is -0.143. The molecule has 4 aromatic rings. The van der Waals surface area contributed by atoms with Gasteiger partial charge in [-0.05, 0) is 59.6 Å². The summed E-state index contributed by atoms with van der Waals surface area (Å²) in [7, 11) is 0. The summed E-state index contributed by atoms with van der Waals surface area (Å²) >= 11 is 3.44. The zero-order valence-corrected chi connectivity index (χ0v) is 16.0. The van der Waals surface area contributed by atoms with Gasteiger partial charge in [0.05, 0.1) is 29.0 Å². The van der Waals surface area contributed by atoms with Crippen molar-refractivity contribution >= 4 is 38.4 Å². The maximum absolute atomic E-state index is 12.6. The minimum absolute atomic E-state index is 0.143. The van der Waals surface area contributed by atoms with E-state index in [9.17, 15) is 4.79 Å². The fourth-order valence-corrected chi connectivity index (χ4v) is 3.32. The molecule has 3 aromatic heterocycles. The van der Waals surface area contributed by atoms with Crippen LogP contribution in [-0.4, -0.2) is 20.3 Å². The molecule has 1 amide bonds. The third-order valence-electron chi connectivity index (χ3n) is 4.30. The third kappa shape index (κ3) is 3.20. The average Bonchev–Trinajstić information content (AvgIpc) is 3.01. The molecule has 0 aliphatic carbocycles. The highest BCUT2D eigenvalue weighted by Crippen LogP contribution is 2.18. The number of hydrogen-bond acceptors (Lipinski definition) is 3. The van der Waals surface area contributed by atoms with Gasteiger partial charge < -0.3 is 9.72 Å². The first-order valence-corrected chi connectivity index (χ1v) is 9.08. The number of nitrogens with one attached hydrogen (secondary N) is 1. The number of imidazole rings is 1. The van der Waals surface area contributed by atoms with Crippen LogP contribution in [0.2, 0.25) is 0 Å². The molecule has 0 saturated heterocycles. The number of fused-ring (bicyclic) bond motifs is 2. The van der Waals surface area contributed by atoms with Crippen LogP contribution < -0.4 is 5.32 Å². The Bertz CT molecular complexity index is 1150. The second-order valence-corrected chi connectivity index (χ2v) is 7.26. The maximum Gasteiger partial charge on any atom is 0.253 e. The van der Waals surface area contributed by atoms with Gasteiger partial charge in [-0.2, -0.15) is 0 Å². The predicted octanol–water partition coefficient (Wildman–Crippen LogP) is 4.19. The van der Waals surface area contributed by atoms with Crippen LogP contribution in [0, 0.1) is 13.8 Å². The van der Waals surface area contributed by atoms with Crippen molar-refractivity contribution in [1.82, 2.24) is 19.7 Å². The number of aryl methyl sites for hydroxylation is 2. The summed E-state index contributed by atoms with van der Waals surface area (Å²) < 4.78 is 2.91. The number of carbonyl (C=O) groups is 1. The highest BCUT2D eigenvalue weighted by Gasteiger charge is 2.12. The van der Waals surface area contributed by atoms with Gasteiger partial charge in [0.25, 0.3) is 5.91 Å². The Hall–Kier alpha value is -2.73. The van der Waals surface area contributed by atoms with Gasteiger partial charge in [0, 0.05) is 22.3 Å². The van der Waals surface area contributed by atoms with Crippen molar-refractivity contribution in [2.24, 2.45) is 0 Å². The Morgan fingerprint density at radius 2 is 1.96 bits per heavy atom. The molecule has 0 bridgehead atoms. The Morgan fingerprint density at radius 1 is 1.12 bits per heavy atom. The molecule has 4 rings (SSSR count). The van der Waals surface area contributed by atoms with Crippen molar-refractivity contribution in [2.75, 3.05) is 0 Å². The minimum atomic E-state index is -0.143. The van der Waals surface area contributed by atoms with Crippen molar-refractivity contribution in [3.63, 3.8) is 0 Å². The highest BCUT2D eigenvalue weighted by atomic mass is 79.9. The monoisotopic (exact) mass is 408 g/mol. The topological polar surface area (TPSA) is 59.3 Å². The summed E-state index contributed by atoms with van der Waals surface area (Å²) in [6, 6.07) is 11.8. The molecule has 26 heavy (non-hydrogen) atoms. The van der Waals surface area contributed by atoms with Crippen LogP contribution in [0.3, 0.4) is 0 Å². The van der Waals surface area contributed by atoms with E-state index < -0.39 is 0 Å². The van der Waals surface area contributed by atoms with Crippen LogP contribution >= 0.6 is 15.9 Å². The van der Waals surface area contributed by atoms with Crippen LogP contribution in [0.5, 0.6) is 0 Å². The van der Waals surface area contributed by atoms with Crippen LogP contribution in [-0.2, 0) is 6.54 Å². The molecule has 5 nitrogen and oxygen atoms in total. The first-order chi connectivity index (χ1) is 12.5. The van der Waals surface area contributed by atoms with Gasteiger partial charge in [0.15, 0.2) is 0 Å². The molecule has 0 atom stereocenters. The predicted molar refractivity (Wildman–Crippen MR) is 105 cm³/mol. The second kappa shape index (κ2) is 6.53. The minimum Gasteiger partial charge on any atom is -0.346 e. The van der Waals surface area contributed by atoms with Crippen LogP contribution in [0.25, 0.3) is 16.6 Å². The number of benzene rings is 1. The molecule has 6 heteroatoms. The molecule has 0 unspecified atom stereocenters. The molecule has 0 aliphatic rings. The number of nitrogens with zero attached hydrogens (tertiary/aromatic N) is 3. The molecule has 0 radical (unpaired) electrons. The number of rotatable bonds is 3. The Labute approximate surface area is 159 Å². The first kappa shape index (κ1) is 16.7. The van der Waals surface area contributed by atoms with Gasteiger partial charge in [0.2, 0.25) is 0 Å². The molecular formula is C20H17BrN4O. The smallest absolute Gasteiger partial charge is 0.253 e. The highest BCUT2D eigenvalue weighted by molar-refractivity contribution is 9.10. The van der Waals surface area contributed by atoms with Crippen molar-refractivity contribution < 1.29 is 4.79 Å². The molecule has 0 spiro atoms. The van der Waals surface area contributed by atoms with E-state index in [1.165, 1.54) is 0 Å². The SMILES string of the molecule is Cc1ccc2cc(C(=O)NCc3cn4cc(Br)ccc4n3)c(C)nc2c1. The van der Waals surface area contributed by atoms with E-state index in [1.807, 2.05) is 67.0 Å². The number of pyridine rings is 2. The normalized spacial score (nSPS) is 11.2. The van der Waals surface area contributed by atoms with E-state index in [1.54, 1.807) is 0 Å². The number of hydrogen-bond donors (Lipinski definition) is 1. The van der Waals surface area contributed by atoms with E-state index in [0.717, 1.165) is 38.0 Å². The summed E-state index contributed by atoms with van der Waals surface area (Å²) in [5.41, 5.74) is 5.02. The summed E-state index contributed by atoms with van der Waals surface area (Å²) in [4.78, 5) is 21.7. The van der Waals surface area contributed by atoms with Gasteiger partial charge in [-0.15, -0.1) is 0 Å². The Balaban J connectivity index is 1.56. The summed E-state index contributed by atoms with van der Waals surface area (Å²) in [5, 5.41) is 3.90. The fraction of sp³-hybridized carbons (Fsp3) is 0.150. The molecule has 0 fully saturated rings. The number of halogens is 1. The van der Waals surface area contributed by atoms with Gasteiger partial charge in [-0.1, -0.05) is 12.1 Å². The van der Waals surface area contributed by atoms with Crippen LogP contribution in [0.15, 0.2) is 53.3 Å². The Morgan fingerprint density at radius 3 is 2.81 bits per heavy atom. The van der Waals surface area contributed by atoms with Crippen LogP contribution in [0.1, 0.15) is 27.3 Å². The molecular weight excluding hydrogens is 392 g/mol. The van der Waals surface area contributed by atoms with Crippen LogP contribution in [0.4, 0.5) is 0 Å². The lowest BCUT2D eigenvalue weighted by Crippen LogP contribution is -2.24. The number of aromatic nitrogens is 3. The Kier molecular flexibility index (Phi) is 4.20. The van der Waals surface area contributed by atoms with Crippen molar-refractivity contribution in [3.8, 4) is 0 Å². The summed E-state index contributed by atoms with van der Waals surface area (Å²) in [6.07, 6.45) is 3.85. The van der Waals surface area contributed by atoms with Gasteiger partial charge in [-0.25, -0.2) is 4.98 Å². The molecule has 0 saturated carbocycles. The first-order valence-electron chi connectivity index (χ1n) is 8.29. The maximum atomic E-state index is 12.6. The number of carbonyl (C=O) groups excluding carboxylic acids is 1. The molecule has 0 aliphatic heterocycles. The lowest BCUT2D eigenvalue weighted by atomic mass is 10.1. The van der Waals surface area contributed by atoms with Gasteiger partial charge >= 0.3 is 0 Å². The molecule has 3 heterocycles. The standard InChI is InChI=1S/C20H17BrN4O/c1-12-3-4-14-8-17(13(2)23-18(14)7-12)20(26)22-9-16-11-25-10-15(21)5-6-19(25)24-16/h3-8,10-11H,9H2,1-2H3,(H,22,26). The number of amides is 1. The molecule has 130 valence electrons. The fourth-order valence-electron chi connectivity index (χ4n) is 2.97. The van der Waals surface area contributed by atoms with E-state index in [4.69, 9.17) is 0 Å². The zero-order valence-electron chi connectivity index (χ0n) is 14.5. The van der Waals surface area contributed by atoms with Crippen molar-refractivity contribution in [3.05, 3.63) is 75.8 Å². The van der Waals surface area contributed by atoms with E-state index in [-0.39, 0.29) is 5.91 Å². The zero-order chi connectivity index (χ0) is 18.3.